The van der Waals surface area contributed by atoms with Crippen LogP contribution in [0.3, 0.4) is 0 Å². The van der Waals surface area contributed by atoms with E-state index in [2.05, 4.69) is 5.32 Å². The normalized spacial score (nSPS) is 33.9. The van der Waals surface area contributed by atoms with E-state index >= 15 is 0 Å². The van der Waals surface area contributed by atoms with E-state index in [9.17, 15) is 0 Å². The van der Waals surface area contributed by atoms with Crippen molar-refractivity contribution in [1.82, 2.24) is 5.32 Å². The Bertz CT molecular complexity index is 125. The molecule has 2 aliphatic rings. The van der Waals surface area contributed by atoms with Crippen LogP contribution in [0.25, 0.3) is 0 Å². The zero-order valence-electron chi connectivity index (χ0n) is 5.97. The first-order valence-corrected chi connectivity index (χ1v) is 3.73. The fraction of sp³-hybridized carbons (Fsp3) is 1.00. The second kappa shape index (κ2) is 2.68. The molecule has 2 rings (SSSR count). The van der Waals surface area contributed by atoms with E-state index in [1.165, 1.54) is 25.7 Å². The van der Waals surface area contributed by atoms with Crippen LogP contribution in [-0.4, -0.2) is 23.3 Å². The van der Waals surface area contributed by atoms with E-state index in [4.69, 9.17) is 5.11 Å². The van der Waals surface area contributed by atoms with Gasteiger partial charge in [-0.15, -0.1) is 12.4 Å². The van der Waals surface area contributed by atoms with Gasteiger partial charge in [0.15, 0.2) is 0 Å². The fourth-order valence-corrected chi connectivity index (χ4v) is 1.71. The molecule has 0 aromatic heterocycles. The van der Waals surface area contributed by atoms with Gasteiger partial charge < -0.3 is 10.4 Å². The molecule has 0 bridgehead atoms. The maximum absolute atomic E-state index is 8.76. The van der Waals surface area contributed by atoms with Crippen LogP contribution in [0.2, 0.25) is 0 Å². The van der Waals surface area contributed by atoms with Crippen LogP contribution in [0, 0.1) is 0 Å². The van der Waals surface area contributed by atoms with Crippen LogP contribution in [-0.2, 0) is 0 Å². The maximum Gasteiger partial charge on any atom is 0.0584 e. The molecule has 0 unspecified atom stereocenters. The van der Waals surface area contributed by atoms with Gasteiger partial charge in [-0.25, -0.2) is 0 Å². The molecule has 2 nitrogen and oxygen atoms in total. The summed E-state index contributed by atoms with van der Waals surface area (Å²) in [5.41, 5.74) is 0.507. The molecule has 0 aromatic rings. The van der Waals surface area contributed by atoms with E-state index in [-0.39, 0.29) is 12.4 Å². The third-order valence-corrected chi connectivity index (χ3v) is 2.56. The van der Waals surface area contributed by atoms with Gasteiger partial charge in [-0.3, -0.25) is 0 Å². The Labute approximate surface area is 67.4 Å². The molecule has 0 radical (unpaired) electrons. The molecule has 3 heteroatoms. The van der Waals surface area contributed by atoms with Gasteiger partial charge in [0, 0.05) is 11.6 Å². The molecule has 1 atom stereocenters. The second-order valence-electron chi connectivity index (χ2n) is 3.34. The lowest BCUT2D eigenvalue weighted by molar-refractivity contribution is 0.250. The highest BCUT2D eigenvalue weighted by Gasteiger charge is 2.47. The number of rotatable bonds is 1. The van der Waals surface area contributed by atoms with E-state index in [0.717, 1.165) is 0 Å². The number of aliphatic hydroxyl groups excluding tert-OH is 1. The van der Waals surface area contributed by atoms with E-state index in [1.54, 1.807) is 0 Å². The first kappa shape index (κ1) is 8.31. The van der Waals surface area contributed by atoms with Crippen LogP contribution in [0.5, 0.6) is 0 Å². The van der Waals surface area contributed by atoms with E-state index in [1.807, 2.05) is 0 Å². The predicted octanol–water partition coefficient (Wildman–Crippen LogP) is 0.685. The summed E-state index contributed by atoms with van der Waals surface area (Å²) >= 11 is 0. The van der Waals surface area contributed by atoms with Crippen molar-refractivity contribution < 1.29 is 5.11 Å². The van der Waals surface area contributed by atoms with Gasteiger partial charge >= 0.3 is 0 Å². The van der Waals surface area contributed by atoms with Crippen LogP contribution in [0.1, 0.15) is 25.7 Å². The van der Waals surface area contributed by atoms with Gasteiger partial charge in [-0.05, 0) is 25.7 Å². The Balaban J connectivity index is 0.000000500. The summed E-state index contributed by atoms with van der Waals surface area (Å²) in [7, 11) is 0. The third kappa shape index (κ3) is 1.29. The minimum Gasteiger partial charge on any atom is -0.395 e. The first-order chi connectivity index (χ1) is 4.35. The van der Waals surface area contributed by atoms with Gasteiger partial charge in [0.05, 0.1) is 6.61 Å². The zero-order chi connectivity index (χ0) is 6.32. The standard InChI is InChI=1S/C7H13NO.ClH/c9-5-6-1-2-7(8-6)3-4-7;/h6,8-9H,1-5H2;1H/t6-;/m0./s1. The molecular formula is C7H14ClNO. The number of nitrogens with one attached hydrogen (secondary N) is 1. The average Bonchev–Trinajstić information content (AvgIpc) is 2.44. The molecule has 1 heterocycles. The Morgan fingerprint density at radius 3 is 2.40 bits per heavy atom. The smallest absolute Gasteiger partial charge is 0.0584 e. The average molecular weight is 164 g/mol. The topological polar surface area (TPSA) is 32.3 Å². The summed E-state index contributed by atoms with van der Waals surface area (Å²) in [4.78, 5) is 0. The number of halogens is 1. The summed E-state index contributed by atoms with van der Waals surface area (Å²) < 4.78 is 0. The van der Waals surface area contributed by atoms with Gasteiger partial charge in [-0.2, -0.15) is 0 Å². The van der Waals surface area contributed by atoms with Crippen LogP contribution in [0.15, 0.2) is 0 Å². The fourth-order valence-electron chi connectivity index (χ4n) is 1.71. The van der Waals surface area contributed by atoms with E-state index < -0.39 is 0 Å². The highest BCUT2D eigenvalue weighted by molar-refractivity contribution is 5.85. The largest absolute Gasteiger partial charge is 0.395 e. The summed E-state index contributed by atoms with van der Waals surface area (Å²) in [6, 6.07) is 0.410. The molecule has 1 aliphatic heterocycles. The van der Waals surface area contributed by atoms with Crippen LogP contribution >= 0.6 is 12.4 Å². The van der Waals surface area contributed by atoms with E-state index in [0.29, 0.717) is 18.2 Å². The molecule has 1 saturated heterocycles. The molecule has 60 valence electrons. The Morgan fingerprint density at radius 1 is 1.40 bits per heavy atom. The summed E-state index contributed by atoms with van der Waals surface area (Å²) in [6.45, 7) is 0.321. The number of aliphatic hydroxyl groups is 1. The van der Waals surface area contributed by atoms with Crippen molar-refractivity contribution in [2.24, 2.45) is 0 Å². The van der Waals surface area contributed by atoms with Gasteiger partial charge in [0.25, 0.3) is 0 Å². The quantitative estimate of drug-likeness (QED) is 0.596. The summed E-state index contributed by atoms with van der Waals surface area (Å²) in [5.74, 6) is 0. The first-order valence-electron chi connectivity index (χ1n) is 3.73. The molecule has 1 saturated carbocycles. The van der Waals surface area contributed by atoms with Gasteiger partial charge in [-0.1, -0.05) is 0 Å². The molecule has 0 aromatic carbocycles. The molecule has 2 fully saturated rings. The molecule has 2 N–H and O–H groups in total. The monoisotopic (exact) mass is 163 g/mol. The Kier molecular flexibility index (Phi) is 2.23. The second-order valence-corrected chi connectivity index (χ2v) is 3.34. The lowest BCUT2D eigenvalue weighted by atomic mass is 10.2. The van der Waals surface area contributed by atoms with Crippen molar-refractivity contribution in [2.45, 2.75) is 37.3 Å². The molecule has 1 aliphatic carbocycles. The van der Waals surface area contributed by atoms with Crippen molar-refractivity contribution in [1.29, 1.82) is 0 Å². The van der Waals surface area contributed by atoms with Crippen molar-refractivity contribution >= 4 is 12.4 Å². The molecule has 10 heavy (non-hydrogen) atoms. The number of hydrogen-bond acceptors (Lipinski definition) is 2. The molecular weight excluding hydrogens is 150 g/mol. The third-order valence-electron chi connectivity index (χ3n) is 2.56. The van der Waals surface area contributed by atoms with Gasteiger partial charge in [0.1, 0.15) is 0 Å². The molecule has 1 spiro atoms. The Hall–Kier alpha value is 0.210. The molecule has 0 amide bonds. The van der Waals surface area contributed by atoms with Crippen molar-refractivity contribution in [3.63, 3.8) is 0 Å². The predicted molar refractivity (Wildman–Crippen MR) is 42.5 cm³/mol. The van der Waals surface area contributed by atoms with Crippen LogP contribution < -0.4 is 5.32 Å². The highest BCUT2D eigenvalue weighted by atomic mass is 35.5. The SMILES string of the molecule is Cl.OC[C@@H]1CCC2(CC2)N1. The minimum absolute atomic E-state index is 0. The number of hydrogen-bond donors (Lipinski definition) is 2. The highest BCUT2D eigenvalue weighted by Crippen LogP contribution is 2.44. The maximum atomic E-state index is 8.76. The van der Waals surface area contributed by atoms with Crippen molar-refractivity contribution in [2.75, 3.05) is 6.61 Å². The zero-order valence-corrected chi connectivity index (χ0v) is 6.78. The minimum atomic E-state index is 0. The lowest BCUT2D eigenvalue weighted by Crippen LogP contribution is -2.32. The summed E-state index contributed by atoms with van der Waals surface area (Å²) in [6.07, 6.45) is 5.14. The lowest BCUT2D eigenvalue weighted by Gasteiger charge is -2.08. The Morgan fingerprint density at radius 2 is 2.10 bits per heavy atom. The van der Waals surface area contributed by atoms with Crippen molar-refractivity contribution in [3.05, 3.63) is 0 Å². The van der Waals surface area contributed by atoms with Crippen LogP contribution in [0.4, 0.5) is 0 Å². The summed E-state index contributed by atoms with van der Waals surface area (Å²) in [5, 5.41) is 12.2. The van der Waals surface area contributed by atoms with Crippen molar-refractivity contribution in [3.8, 4) is 0 Å². The van der Waals surface area contributed by atoms with Gasteiger partial charge in [0.2, 0.25) is 0 Å².